The van der Waals surface area contributed by atoms with Crippen molar-refractivity contribution in [2.45, 2.75) is 64.7 Å². The fraction of sp³-hybridized carbons (Fsp3) is 1.00. The number of rotatable bonds is 0. The molecule has 0 bridgehead atoms. The molecule has 0 N–H and O–H groups in total. The molecule has 1 aliphatic rings. The quantitative estimate of drug-likeness (QED) is 0.419. The summed E-state index contributed by atoms with van der Waals surface area (Å²) in [6.45, 7) is 14.5. The average Bonchev–Trinajstić information content (AvgIpc) is 1.99. The van der Waals surface area contributed by atoms with E-state index in [0.29, 0.717) is 10.8 Å². The van der Waals surface area contributed by atoms with Crippen LogP contribution in [-0.2, 0) is 0 Å². The van der Waals surface area contributed by atoms with Gasteiger partial charge < -0.3 is 0 Å². The van der Waals surface area contributed by atoms with Crippen molar-refractivity contribution < 1.29 is 0 Å². The van der Waals surface area contributed by atoms with Gasteiger partial charge in [-0.05, 0) is 35.5 Å². The van der Waals surface area contributed by atoms with Gasteiger partial charge in [0.2, 0.25) is 0 Å². The maximum absolute atomic E-state index is 2.73. The highest BCUT2D eigenvalue weighted by Crippen LogP contribution is 2.49. The Bertz CT molecular complexity index is 184. The number of alkyl halides is 1. The van der Waals surface area contributed by atoms with Crippen LogP contribution < -0.4 is 0 Å². The molecule has 0 saturated heterocycles. The Morgan fingerprint density at radius 1 is 0.800 bits per heavy atom. The van der Waals surface area contributed by atoms with Crippen LogP contribution in [0.1, 0.15) is 60.8 Å². The monoisotopic (exact) mass is 322 g/mol. The Morgan fingerprint density at radius 3 is 1.40 bits per heavy atom. The van der Waals surface area contributed by atoms with Gasteiger partial charge in [-0.1, -0.05) is 70.6 Å². The lowest BCUT2D eigenvalue weighted by Crippen LogP contribution is -2.41. The van der Waals surface area contributed by atoms with Gasteiger partial charge in [0.15, 0.2) is 0 Å². The molecule has 1 heteroatoms. The van der Waals surface area contributed by atoms with E-state index in [1.807, 2.05) is 0 Å². The summed E-state index contributed by atoms with van der Waals surface area (Å²) >= 11 is 2.73. The van der Waals surface area contributed by atoms with Crippen molar-refractivity contribution in [1.82, 2.24) is 0 Å². The molecule has 0 radical (unpaired) electrons. The van der Waals surface area contributed by atoms with E-state index in [0.717, 1.165) is 15.8 Å². The summed E-state index contributed by atoms with van der Waals surface area (Å²) in [5.74, 6) is 1.80. The van der Waals surface area contributed by atoms with Crippen LogP contribution in [0.2, 0.25) is 0 Å². The standard InChI is InChI=1S/C14H27I/c1-13(2,3)10-8-7-9-11(12(10)15)14(4,5)6/h10-12H,7-9H2,1-6H3/t10-,11?,12?/m0/s1. The first kappa shape index (κ1) is 13.8. The van der Waals surface area contributed by atoms with Gasteiger partial charge in [0.1, 0.15) is 0 Å². The van der Waals surface area contributed by atoms with E-state index in [4.69, 9.17) is 0 Å². The van der Waals surface area contributed by atoms with Gasteiger partial charge in [0.05, 0.1) is 0 Å². The van der Waals surface area contributed by atoms with E-state index in [1.165, 1.54) is 19.3 Å². The SMILES string of the molecule is CC(C)(C)C1CCC[C@H](C(C)(C)C)C1I. The minimum absolute atomic E-state index is 0.482. The van der Waals surface area contributed by atoms with E-state index >= 15 is 0 Å². The summed E-state index contributed by atoms with van der Waals surface area (Å²) in [6, 6.07) is 0. The molecule has 1 rings (SSSR count). The molecular formula is C14H27I. The summed E-state index contributed by atoms with van der Waals surface area (Å²) in [4.78, 5) is 0. The Balaban J connectivity index is 2.81. The molecule has 3 atom stereocenters. The van der Waals surface area contributed by atoms with Crippen molar-refractivity contribution >= 4 is 22.6 Å². The minimum atomic E-state index is 0.482. The molecule has 0 nitrogen and oxygen atoms in total. The van der Waals surface area contributed by atoms with Crippen molar-refractivity contribution in [2.24, 2.45) is 22.7 Å². The van der Waals surface area contributed by atoms with Crippen molar-refractivity contribution in [3.8, 4) is 0 Å². The average molecular weight is 322 g/mol. The summed E-state index contributed by atoms with van der Waals surface area (Å²) in [6.07, 6.45) is 4.30. The van der Waals surface area contributed by atoms with Crippen molar-refractivity contribution in [3.05, 3.63) is 0 Å². The molecule has 90 valence electrons. The van der Waals surface area contributed by atoms with Crippen LogP contribution in [0.3, 0.4) is 0 Å². The van der Waals surface area contributed by atoms with Gasteiger partial charge in [-0.25, -0.2) is 0 Å². The summed E-state index contributed by atoms with van der Waals surface area (Å²) < 4.78 is 0.858. The summed E-state index contributed by atoms with van der Waals surface area (Å²) in [7, 11) is 0. The first-order valence-corrected chi connectivity index (χ1v) is 7.52. The van der Waals surface area contributed by atoms with Crippen LogP contribution in [0.4, 0.5) is 0 Å². The van der Waals surface area contributed by atoms with E-state index < -0.39 is 0 Å². The smallest absolute Gasteiger partial charge is 0.0176 e. The molecular weight excluding hydrogens is 295 g/mol. The van der Waals surface area contributed by atoms with E-state index in [2.05, 4.69) is 64.1 Å². The molecule has 2 unspecified atom stereocenters. The predicted molar refractivity (Wildman–Crippen MR) is 77.5 cm³/mol. The number of hydrogen-bond acceptors (Lipinski definition) is 0. The van der Waals surface area contributed by atoms with Gasteiger partial charge in [0.25, 0.3) is 0 Å². The third-order valence-electron chi connectivity index (χ3n) is 4.02. The maximum Gasteiger partial charge on any atom is 0.0176 e. The van der Waals surface area contributed by atoms with Gasteiger partial charge >= 0.3 is 0 Å². The Hall–Kier alpha value is 0.730. The zero-order valence-corrected chi connectivity index (χ0v) is 13.4. The second-order valence-corrected chi connectivity index (χ2v) is 8.76. The van der Waals surface area contributed by atoms with Crippen LogP contribution >= 0.6 is 22.6 Å². The Morgan fingerprint density at radius 2 is 1.13 bits per heavy atom. The van der Waals surface area contributed by atoms with E-state index in [9.17, 15) is 0 Å². The molecule has 1 fully saturated rings. The number of hydrogen-bond donors (Lipinski definition) is 0. The van der Waals surface area contributed by atoms with Crippen LogP contribution in [-0.4, -0.2) is 3.92 Å². The van der Waals surface area contributed by atoms with Crippen LogP contribution in [0.15, 0.2) is 0 Å². The highest BCUT2D eigenvalue weighted by atomic mass is 127. The van der Waals surface area contributed by atoms with Gasteiger partial charge in [-0.2, -0.15) is 0 Å². The zero-order chi connectivity index (χ0) is 11.9. The molecule has 0 aromatic heterocycles. The Kier molecular flexibility index (Phi) is 4.18. The van der Waals surface area contributed by atoms with E-state index in [-0.39, 0.29) is 0 Å². The lowest BCUT2D eigenvalue weighted by atomic mass is 9.63. The topological polar surface area (TPSA) is 0 Å². The van der Waals surface area contributed by atoms with Crippen molar-refractivity contribution in [3.63, 3.8) is 0 Å². The Labute approximate surface area is 110 Å². The minimum Gasteiger partial charge on any atom is -0.0820 e. The first-order chi connectivity index (χ1) is 6.64. The van der Waals surface area contributed by atoms with Gasteiger partial charge in [-0.15, -0.1) is 0 Å². The molecule has 0 aromatic carbocycles. The molecule has 0 heterocycles. The highest BCUT2D eigenvalue weighted by molar-refractivity contribution is 14.1. The van der Waals surface area contributed by atoms with Gasteiger partial charge in [-0.3, -0.25) is 0 Å². The molecule has 0 aliphatic heterocycles. The largest absolute Gasteiger partial charge is 0.0820 e. The summed E-state index contributed by atoms with van der Waals surface area (Å²) in [5, 5.41) is 0. The lowest BCUT2D eigenvalue weighted by molar-refractivity contribution is 0.0993. The second-order valence-electron chi connectivity index (χ2n) is 7.32. The molecule has 0 amide bonds. The molecule has 15 heavy (non-hydrogen) atoms. The van der Waals surface area contributed by atoms with Crippen LogP contribution in [0, 0.1) is 22.7 Å². The fourth-order valence-electron chi connectivity index (χ4n) is 2.98. The first-order valence-electron chi connectivity index (χ1n) is 6.28. The zero-order valence-electron chi connectivity index (χ0n) is 11.2. The fourth-order valence-corrected chi connectivity index (χ4v) is 5.85. The molecule has 0 aromatic rings. The molecule has 0 spiro atoms. The van der Waals surface area contributed by atoms with Crippen LogP contribution in [0.25, 0.3) is 0 Å². The molecule has 1 aliphatic carbocycles. The maximum atomic E-state index is 2.73. The second kappa shape index (κ2) is 4.54. The van der Waals surface area contributed by atoms with Crippen molar-refractivity contribution in [1.29, 1.82) is 0 Å². The molecule has 1 saturated carbocycles. The normalized spacial score (nSPS) is 34.2. The lowest BCUT2D eigenvalue weighted by Gasteiger charge is -2.46. The van der Waals surface area contributed by atoms with Crippen molar-refractivity contribution in [2.75, 3.05) is 0 Å². The third-order valence-corrected chi connectivity index (χ3v) is 5.76. The van der Waals surface area contributed by atoms with Crippen LogP contribution in [0.5, 0.6) is 0 Å². The summed E-state index contributed by atoms with van der Waals surface area (Å²) in [5.41, 5.74) is 0.964. The predicted octanol–water partition coefficient (Wildman–Crippen LogP) is 5.30. The highest BCUT2D eigenvalue weighted by Gasteiger charge is 2.42. The third kappa shape index (κ3) is 3.34. The van der Waals surface area contributed by atoms with E-state index in [1.54, 1.807) is 0 Å². The van der Waals surface area contributed by atoms with Gasteiger partial charge in [0, 0.05) is 3.92 Å². The number of halogens is 1.